The Morgan fingerprint density at radius 1 is 1.29 bits per heavy atom. The molecule has 1 aromatic carbocycles. The predicted molar refractivity (Wildman–Crippen MR) is 90.0 cm³/mol. The number of anilines is 1. The molecule has 0 saturated carbocycles. The maximum absolute atomic E-state index is 5.06. The second kappa shape index (κ2) is 8.40. The van der Waals surface area contributed by atoms with Crippen molar-refractivity contribution in [3.8, 4) is 0 Å². The van der Waals surface area contributed by atoms with Crippen molar-refractivity contribution in [2.24, 2.45) is 0 Å². The minimum absolute atomic E-state index is 0.664. The fraction of sp³-hybridized carbons (Fsp3) is 0.667. The van der Waals surface area contributed by atoms with Crippen LogP contribution < -0.4 is 10.2 Å². The Bertz CT molecular complexity index is 433. The van der Waals surface area contributed by atoms with Crippen LogP contribution in [0.5, 0.6) is 0 Å². The van der Waals surface area contributed by atoms with E-state index >= 15 is 0 Å². The smallest absolute Gasteiger partial charge is 0.0587 e. The first-order valence-corrected chi connectivity index (χ1v) is 8.28. The lowest BCUT2D eigenvalue weighted by atomic mass is 10.1. The van der Waals surface area contributed by atoms with Crippen LogP contribution in [0.4, 0.5) is 5.69 Å². The fourth-order valence-corrected chi connectivity index (χ4v) is 3.19. The molecular formula is C18H30N2O. The molecule has 1 heterocycles. The van der Waals surface area contributed by atoms with Gasteiger partial charge in [0.2, 0.25) is 0 Å². The van der Waals surface area contributed by atoms with Crippen molar-refractivity contribution in [3.05, 3.63) is 29.3 Å². The first kappa shape index (κ1) is 16.3. The van der Waals surface area contributed by atoms with E-state index < -0.39 is 0 Å². The van der Waals surface area contributed by atoms with E-state index in [4.69, 9.17) is 4.74 Å². The Balaban J connectivity index is 2.00. The second-order valence-corrected chi connectivity index (χ2v) is 6.18. The fourth-order valence-electron chi connectivity index (χ4n) is 3.19. The predicted octanol–water partition coefficient (Wildman–Crippen LogP) is 3.50. The molecule has 0 amide bonds. The highest BCUT2D eigenvalue weighted by molar-refractivity contribution is 5.55. The maximum Gasteiger partial charge on any atom is 0.0587 e. The zero-order chi connectivity index (χ0) is 15.1. The van der Waals surface area contributed by atoms with Crippen molar-refractivity contribution in [1.82, 2.24) is 5.32 Å². The van der Waals surface area contributed by atoms with E-state index in [1.54, 1.807) is 7.11 Å². The largest absolute Gasteiger partial charge is 0.383 e. The molecular weight excluding hydrogens is 260 g/mol. The first-order chi connectivity index (χ1) is 10.2. The molecule has 3 heteroatoms. The molecule has 1 atom stereocenters. The van der Waals surface area contributed by atoms with Crippen LogP contribution in [-0.2, 0) is 11.3 Å². The third-order valence-corrected chi connectivity index (χ3v) is 4.44. The molecule has 1 aliphatic heterocycles. The molecule has 1 fully saturated rings. The number of ether oxygens (including phenoxy) is 1. The van der Waals surface area contributed by atoms with E-state index in [1.165, 1.54) is 49.0 Å². The summed E-state index contributed by atoms with van der Waals surface area (Å²) in [6.45, 7) is 8.40. The Morgan fingerprint density at radius 2 is 2.14 bits per heavy atom. The van der Waals surface area contributed by atoms with Gasteiger partial charge in [0.05, 0.1) is 6.61 Å². The summed E-state index contributed by atoms with van der Waals surface area (Å²) in [7, 11) is 1.74. The summed E-state index contributed by atoms with van der Waals surface area (Å²) in [6, 6.07) is 7.56. The standard InChI is InChI=1S/C18H30N2O/c1-15-13-17(14-19-10-12-21-3)8-9-18(15)20-11-6-4-5-7-16(20)2/h8-9,13,16,19H,4-7,10-12,14H2,1-3H3. The number of nitrogens with one attached hydrogen (secondary N) is 1. The number of aryl methyl sites for hydroxylation is 1. The van der Waals surface area contributed by atoms with Crippen LogP contribution in [0.15, 0.2) is 18.2 Å². The van der Waals surface area contributed by atoms with Crippen molar-refractivity contribution >= 4 is 5.69 Å². The Morgan fingerprint density at radius 3 is 2.90 bits per heavy atom. The van der Waals surface area contributed by atoms with E-state index in [0.717, 1.165) is 19.7 Å². The minimum Gasteiger partial charge on any atom is -0.383 e. The van der Waals surface area contributed by atoms with Gasteiger partial charge in [-0.15, -0.1) is 0 Å². The van der Waals surface area contributed by atoms with E-state index in [2.05, 4.69) is 42.3 Å². The van der Waals surface area contributed by atoms with Gasteiger partial charge in [-0.3, -0.25) is 0 Å². The van der Waals surface area contributed by atoms with Crippen molar-refractivity contribution in [2.45, 2.75) is 52.1 Å². The number of nitrogens with zero attached hydrogens (tertiary/aromatic N) is 1. The number of rotatable bonds is 6. The second-order valence-electron chi connectivity index (χ2n) is 6.18. The van der Waals surface area contributed by atoms with Gasteiger partial charge in [0.25, 0.3) is 0 Å². The molecule has 1 aliphatic rings. The Hall–Kier alpha value is -1.06. The van der Waals surface area contributed by atoms with Gasteiger partial charge in [-0.05, 0) is 43.9 Å². The molecule has 0 radical (unpaired) electrons. The normalized spacial score (nSPS) is 19.6. The number of hydrogen-bond acceptors (Lipinski definition) is 3. The molecule has 1 N–H and O–H groups in total. The maximum atomic E-state index is 5.06. The average Bonchev–Trinajstić information content (AvgIpc) is 2.69. The molecule has 3 nitrogen and oxygen atoms in total. The van der Waals surface area contributed by atoms with Crippen LogP contribution >= 0.6 is 0 Å². The van der Waals surface area contributed by atoms with Gasteiger partial charge in [0.1, 0.15) is 0 Å². The molecule has 0 spiro atoms. The summed E-state index contributed by atoms with van der Waals surface area (Å²) >= 11 is 0. The lowest BCUT2D eigenvalue weighted by Crippen LogP contribution is -2.33. The van der Waals surface area contributed by atoms with Crippen molar-refractivity contribution in [3.63, 3.8) is 0 Å². The van der Waals surface area contributed by atoms with Crippen LogP contribution in [0.25, 0.3) is 0 Å². The van der Waals surface area contributed by atoms with Crippen molar-refractivity contribution < 1.29 is 4.74 Å². The van der Waals surface area contributed by atoms with Crippen LogP contribution in [0.3, 0.4) is 0 Å². The van der Waals surface area contributed by atoms with Gasteiger partial charge >= 0.3 is 0 Å². The quantitative estimate of drug-likeness (QED) is 0.812. The topological polar surface area (TPSA) is 24.5 Å². The average molecular weight is 290 g/mol. The molecule has 1 aromatic rings. The summed E-state index contributed by atoms with van der Waals surface area (Å²) in [5.74, 6) is 0. The molecule has 1 saturated heterocycles. The number of methoxy groups -OCH3 is 1. The molecule has 0 aromatic heterocycles. The molecule has 0 aliphatic carbocycles. The number of benzene rings is 1. The third-order valence-electron chi connectivity index (χ3n) is 4.44. The highest BCUT2D eigenvalue weighted by Gasteiger charge is 2.18. The molecule has 2 rings (SSSR count). The SMILES string of the molecule is COCCNCc1ccc(N2CCCCCC2C)c(C)c1. The monoisotopic (exact) mass is 290 g/mol. The van der Waals surface area contributed by atoms with Gasteiger partial charge in [0.15, 0.2) is 0 Å². The van der Waals surface area contributed by atoms with Crippen LogP contribution in [-0.4, -0.2) is 32.8 Å². The number of hydrogen-bond donors (Lipinski definition) is 1. The van der Waals surface area contributed by atoms with E-state index in [-0.39, 0.29) is 0 Å². The molecule has 118 valence electrons. The van der Waals surface area contributed by atoms with Crippen LogP contribution in [0.2, 0.25) is 0 Å². The van der Waals surface area contributed by atoms with Gasteiger partial charge in [-0.1, -0.05) is 25.0 Å². The van der Waals surface area contributed by atoms with E-state index in [1.807, 2.05) is 0 Å². The highest BCUT2D eigenvalue weighted by Crippen LogP contribution is 2.27. The van der Waals surface area contributed by atoms with Gasteiger partial charge in [0, 0.05) is 38.5 Å². The van der Waals surface area contributed by atoms with Gasteiger partial charge in [-0.25, -0.2) is 0 Å². The molecule has 0 bridgehead atoms. The van der Waals surface area contributed by atoms with E-state index in [9.17, 15) is 0 Å². The van der Waals surface area contributed by atoms with Gasteiger partial charge in [-0.2, -0.15) is 0 Å². The van der Waals surface area contributed by atoms with Crippen molar-refractivity contribution in [2.75, 3.05) is 31.7 Å². The van der Waals surface area contributed by atoms with E-state index in [0.29, 0.717) is 6.04 Å². The van der Waals surface area contributed by atoms with Gasteiger partial charge < -0.3 is 15.0 Å². The highest BCUT2D eigenvalue weighted by atomic mass is 16.5. The molecule has 1 unspecified atom stereocenters. The summed E-state index contributed by atoms with van der Waals surface area (Å²) in [5.41, 5.74) is 4.18. The third kappa shape index (κ3) is 4.72. The lowest BCUT2D eigenvalue weighted by molar-refractivity contribution is 0.199. The minimum atomic E-state index is 0.664. The zero-order valence-corrected chi connectivity index (χ0v) is 13.8. The van der Waals surface area contributed by atoms with Crippen LogP contribution in [0.1, 0.15) is 43.7 Å². The zero-order valence-electron chi connectivity index (χ0n) is 13.8. The molecule has 21 heavy (non-hydrogen) atoms. The first-order valence-electron chi connectivity index (χ1n) is 8.28. The Kier molecular flexibility index (Phi) is 6.52. The summed E-state index contributed by atoms with van der Waals surface area (Å²) in [5, 5.41) is 3.41. The summed E-state index contributed by atoms with van der Waals surface area (Å²) < 4.78 is 5.06. The van der Waals surface area contributed by atoms with Crippen LogP contribution in [0, 0.1) is 6.92 Å². The Labute approximate surface area is 129 Å². The summed E-state index contributed by atoms with van der Waals surface area (Å²) in [6.07, 6.45) is 5.39. The lowest BCUT2D eigenvalue weighted by Gasteiger charge is -2.31. The summed E-state index contributed by atoms with van der Waals surface area (Å²) in [4.78, 5) is 2.60. The van der Waals surface area contributed by atoms with Crippen molar-refractivity contribution in [1.29, 1.82) is 0 Å².